The summed E-state index contributed by atoms with van der Waals surface area (Å²) in [5.41, 5.74) is 0.425. The summed E-state index contributed by atoms with van der Waals surface area (Å²) < 4.78 is 10.7. The second kappa shape index (κ2) is 7.26. The van der Waals surface area contributed by atoms with Crippen molar-refractivity contribution in [2.75, 3.05) is 6.61 Å². The number of para-hydroxylation sites is 1. The van der Waals surface area contributed by atoms with Crippen LogP contribution in [0, 0.1) is 0 Å². The highest BCUT2D eigenvalue weighted by Gasteiger charge is 2.12. The van der Waals surface area contributed by atoms with Crippen LogP contribution in [0.15, 0.2) is 54.6 Å². The summed E-state index contributed by atoms with van der Waals surface area (Å²) in [5, 5.41) is 8.80. The highest BCUT2D eigenvalue weighted by Crippen LogP contribution is 2.11. The third-order valence-electron chi connectivity index (χ3n) is 2.90. The van der Waals surface area contributed by atoms with E-state index in [1.807, 2.05) is 30.3 Å². The first-order valence-electron chi connectivity index (χ1n) is 6.78. The lowest BCUT2D eigenvalue weighted by Gasteiger charge is -2.14. The zero-order valence-corrected chi connectivity index (χ0v) is 12.1. The topological polar surface area (TPSA) is 72.8 Å². The van der Waals surface area contributed by atoms with E-state index in [4.69, 9.17) is 14.6 Å². The molecule has 0 heterocycles. The van der Waals surface area contributed by atoms with Crippen molar-refractivity contribution in [3.05, 3.63) is 65.7 Å². The molecule has 0 aliphatic heterocycles. The number of rotatable bonds is 6. The Morgan fingerprint density at radius 3 is 2.18 bits per heavy atom. The summed E-state index contributed by atoms with van der Waals surface area (Å²) in [5.74, 6) is -0.845. The molecule has 0 saturated heterocycles. The minimum Gasteiger partial charge on any atom is -0.487 e. The molecule has 0 bridgehead atoms. The standard InChI is InChI=1S/C17H16O5/c1-12(22-15-5-3-2-4-6-15)11-21-17(20)14-9-7-13(8-10-14)16(18)19/h2-10,12H,11H2,1H3,(H,18,19). The molecule has 1 N–H and O–H groups in total. The van der Waals surface area contributed by atoms with Crippen molar-refractivity contribution in [3.8, 4) is 5.75 Å². The highest BCUT2D eigenvalue weighted by atomic mass is 16.6. The normalized spacial score (nSPS) is 11.5. The second-order valence-electron chi connectivity index (χ2n) is 4.72. The molecule has 0 fully saturated rings. The lowest BCUT2D eigenvalue weighted by Crippen LogP contribution is -2.21. The van der Waals surface area contributed by atoms with Crippen LogP contribution in [0.25, 0.3) is 0 Å². The van der Waals surface area contributed by atoms with Crippen LogP contribution in [0.1, 0.15) is 27.6 Å². The first kappa shape index (κ1) is 15.6. The van der Waals surface area contributed by atoms with Gasteiger partial charge in [-0.05, 0) is 43.3 Å². The molecule has 0 aromatic heterocycles. The van der Waals surface area contributed by atoms with Gasteiger partial charge in [0.2, 0.25) is 0 Å². The Morgan fingerprint density at radius 1 is 1.00 bits per heavy atom. The summed E-state index contributed by atoms with van der Waals surface area (Å²) in [7, 11) is 0. The summed E-state index contributed by atoms with van der Waals surface area (Å²) in [4.78, 5) is 22.6. The molecule has 0 aliphatic carbocycles. The Morgan fingerprint density at radius 2 is 1.59 bits per heavy atom. The van der Waals surface area contributed by atoms with Gasteiger partial charge in [0.1, 0.15) is 18.5 Å². The van der Waals surface area contributed by atoms with Crippen molar-refractivity contribution in [2.24, 2.45) is 0 Å². The fourth-order valence-electron chi connectivity index (χ4n) is 1.79. The molecule has 2 aromatic carbocycles. The Labute approximate surface area is 128 Å². The van der Waals surface area contributed by atoms with Gasteiger partial charge in [0.05, 0.1) is 11.1 Å². The van der Waals surface area contributed by atoms with Gasteiger partial charge >= 0.3 is 11.9 Å². The van der Waals surface area contributed by atoms with Crippen molar-refractivity contribution in [1.29, 1.82) is 0 Å². The third-order valence-corrected chi connectivity index (χ3v) is 2.90. The number of hydrogen-bond acceptors (Lipinski definition) is 4. The number of ether oxygens (including phenoxy) is 2. The number of hydrogen-bond donors (Lipinski definition) is 1. The fourth-order valence-corrected chi connectivity index (χ4v) is 1.79. The quantitative estimate of drug-likeness (QED) is 0.830. The van der Waals surface area contributed by atoms with Gasteiger partial charge in [-0.2, -0.15) is 0 Å². The average molecular weight is 300 g/mol. The van der Waals surface area contributed by atoms with Gasteiger partial charge < -0.3 is 14.6 Å². The van der Waals surface area contributed by atoms with Crippen LogP contribution >= 0.6 is 0 Å². The lowest BCUT2D eigenvalue weighted by molar-refractivity contribution is 0.0341. The number of benzene rings is 2. The van der Waals surface area contributed by atoms with E-state index < -0.39 is 11.9 Å². The maximum Gasteiger partial charge on any atom is 0.338 e. The molecular weight excluding hydrogens is 284 g/mol. The molecule has 114 valence electrons. The largest absolute Gasteiger partial charge is 0.487 e. The number of carboxylic acids is 1. The Bertz CT molecular complexity index is 634. The molecule has 22 heavy (non-hydrogen) atoms. The van der Waals surface area contributed by atoms with Crippen LogP contribution in [0.4, 0.5) is 0 Å². The molecule has 1 unspecified atom stereocenters. The zero-order valence-electron chi connectivity index (χ0n) is 12.1. The summed E-state index contributed by atoms with van der Waals surface area (Å²) in [6, 6.07) is 14.8. The van der Waals surface area contributed by atoms with Crippen LogP contribution in [-0.2, 0) is 4.74 Å². The van der Waals surface area contributed by atoms with E-state index in [9.17, 15) is 9.59 Å². The van der Waals surface area contributed by atoms with Gasteiger partial charge in [0.25, 0.3) is 0 Å². The number of carbonyl (C=O) groups is 2. The van der Waals surface area contributed by atoms with Crippen molar-refractivity contribution < 1.29 is 24.2 Å². The van der Waals surface area contributed by atoms with Gasteiger partial charge in [-0.3, -0.25) is 0 Å². The van der Waals surface area contributed by atoms with Crippen molar-refractivity contribution in [1.82, 2.24) is 0 Å². The number of carbonyl (C=O) groups excluding carboxylic acids is 1. The molecule has 5 nitrogen and oxygen atoms in total. The van der Waals surface area contributed by atoms with Gasteiger partial charge in [0, 0.05) is 0 Å². The van der Waals surface area contributed by atoms with Crippen molar-refractivity contribution >= 4 is 11.9 Å². The summed E-state index contributed by atoms with van der Waals surface area (Å²) in [6.45, 7) is 1.90. The van der Waals surface area contributed by atoms with E-state index in [-0.39, 0.29) is 18.3 Å². The molecule has 1 atom stereocenters. The van der Waals surface area contributed by atoms with Crippen LogP contribution in [-0.4, -0.2) is 29.8 Å². The Kier molecular flexibility index (Phi) is 5.14. The monoisotopic (exact) mass is 300 g/mol. The molecule has 0 amide bonds. The second-order valence-corrected chi connectivity index (χ2v) is 4.72. The number of aromatic carboxylic acids is 1. The molecule has 2 rings (SSSR count). The first-order chi connectivity index (χ1) is 10.6. The molecule has 0 spiro atoms. The van der Waals surface area contributed by atoms with E-state index in [2.05, 4.69) is 0 Å². The van der Waals surface area contributed by atoms with E-state index in [0.29, 0.717) is 11.3 Å². The SMILES string of the molecule is CC(COC(=O)c1ccc(C(=O)O)cc1)Oc1ccccc1. The number of carboxylic acid groups (broad SMARTS) is 1. The smallest absolute Gasteiger partial charge is 0.338 e. The molecule has 5 heteroatoms. The van der Waals surface area contributed by atoms with Crippen molar-refractivity contribution in [2.45, 2.75) is 13.0 Å². The minimum absolute atomic E-state index is 0.106. The Hall–Kier alpha value is -2.82. The van der Waals surface area contributed by atoms with Gasteiger partial charge in [-0.25, -0.2) is 9.59 Å². The van der Waals surface area contributed by atoms with E-state index >= 15 is 0 Å². The maximum absolute atomic E-state index is 11.9. The highest BCUT2D eigenvalue weighted by molar-refractivity contribution is 5.92. The third kappa shape index (κ3) is 4.34. The Balaban J connectivity index is 1.85. The van der Waals surface area contributed by atoms with E-state index in [0.717, 1.165) is 0 Å². The average Bonchev–Trinajstić information content (AvgIpc) is 2.53. The lowest BCUT2D eigenvalue weighted by atomic mass is 10.1. The molecule has 0 saturated carbocycles. The molecule has 2 aromatic rings. The van der Waals surface area contributed by atoms with Gasteiger partial charge in [0.15, 0.2) is 0 Å². The number of esters is 1. The minimum atomic E-state index is -1.04. The summed E-state index contributed by atoms with van der Waals surface area (Å²) >= 11 is 0. The predicted octanol–water partition coefficient (Wildman–Crippen LogP) is 3.01. The maximum atomic E-state index is 11.9. The van der Waals surface area contributed by atoms with Crippen LogP contribution in [0.5, 0.6) is 5.75 Å². The molecular formula is C17H16O5. The summed E-state index contributed by atoms with van der Waals surface area (Å²) in [6.07, 6.45) is -0.287. The van der Waals surface area contributed by atoms with Crippen LogP contribution < -0.4 is 4.74 Å². The van der Waals surface area contributed by atoms with Crippen LogP contribution in [0.3, 0.4) is 0 Å². The molecule has 0 aliphatic rings. The zero-order chi connectivity index (χ0) is 15.9. The predicted molar refractivity (Wildman–Crippen MR) is 80.2 cm³/mol. The van der Waals surface area contributed by atoms with Crippen LogP contribution in [0.2, 0.25) is 0 Å². The van der Waals surface area contributed by atoms with Gasteiger partial charge in [-0.15, -0.1) is 0 Å². The van der Waals surface area contributed by atoms with E-state index in [1.165, 1.54) is 24.3 Å². The fraction of sp³-hybridized carbons (Fsp3) is 0.176. The van der Waals surface area contributed by atoms with Gasteiger partial charge in [-0.1, -0.05) is 18.2 Å². The molecule has 0 radical (unpaired) electrons. The van der Waals surface area contributed by atoms with E-state index in [1.54, 1.807) is 6.92 Å². The first-order valence-corrected chi connectivity index (χ1v) is 6.78. The van der Waals surface area contributed by atoms with Crippen molar-refractivity contribution in [3.63, 3.8) is 0 Å².